The van der Waals surface area contributed by atoms with Crippen LogP contribution in [0.3, 0.4) is 0 Å². The molecule has 1 saturated heterocycles. The minimum Gasteiger partial charge on any atom is -0.494 e. The van der Waals surface area contributed by atoms with Crippen molar-refractivity contribution in [2.45, 2.75) is 50.5 Å². The number of ether oxygens (including phenoxy) is 3. The highest BCUT2D eigenvalue weighted by Gasteiger charge is 2.56. The Bertz CT molecular complexity index is 1480. The highest BCUT2D eigenvalue weighted by molar-refractivity contribution is 5.96. The summed E-state index contributed by atoms with van der Waals surface area (Å²) >= 11 is 0. The van der Waals surface area contributed by atoms with Crippen LogP contribution in [0.5, 0.6) is 17.2 Å². The molecule has 2 N–H and O–H groups in total. The normalized spacial score (nSPS) is 16.8. The van der Waals surface area contributed by atoms with Gasteiger partial charge in [-0.15, -0.1) is 0 Å². The van der Waals surface area contributed by atoms with E-state index < -0.39 is 48.0 Å². The monoisotopic (exact) mass is 590 g/mol. The zero-order valence-electron chi connectivity index (χ0n) is 23.2. The smallest absolute Gasteiger partial charge is 0.422 e. The number of aromatic nitrogens is 1. The summed E-state index contributed by atoms with van der Waals surface area (Å²) in [6, 6.07) is 10.2. The summed E-state index contributed by atoms with van der Waals surface area (Å²) < 4.78 is 73.2. The summed E-state index contributed by atoms with van der Waals surface area (Å²) in [5, 5.41) is 13.7. The number of nitrogens with one attached hydrogen (secondary N) is 1. The number of hydrogen-bond donors (Lipinski definition) is 2. The number of aryl methyl sites for hydroxylation is 1. The van der Waals surface area contributed by atoms with Gasteiger partial charge in [0.25, 0.3) is 5.91 Å². The summed E-state index contributed by atoms with van der Waals surface area (Å²) in [7, 11) is 2.63. The Balaban J connectivity index is 1.59. The fraction of sp³-hybridized carbons (Fsp3) is 0.367. The fourth-order valence-corrected chi connectivity index (χ4v) is 4.64. The largest absolute Gasteiger partial charge is 0.494 e. The van der Waals surface area contributed by atoms with Crippen LogP contribution in [0.4, 0.5) is 17.6 Å². The van der Waals surface area contributed by atoms with Crippen molar-refractivity contribution >= 4 is 11.7 Å². The molecule has 12 heteroatoms. The highest BCUT2D eigenvalue weighted by Crippen LogP contribution is 2.44. The number of benzene rings is 2. The SMILES string of the molecule is COc1cc(C(=O)CCC(O)(c2ccc(OC)c(-c3ccc(F)c(C)c3)n2)C(F)(F)F)ccc1OC1CCCNC1=O. The van der Waals surface area contributed by atoms with Crippen LogP contribution in [0.1, 0.15) is 47.3 Å². The summed E-state index contributed by atoms with van der Waals surface area (Å²) in [4.78, 5) is 29.1. The van der Waals surface area contributed by atoms with Crippen LogP contribution in [0.2, 0.25) is 0 Å². The van der Waals surface area contributed by atoms with E-state index in [-0.39, 0.29) is 45.5 Å². The van der Waals surface area contributed by atoms with Gasteiger partial charge in [0.1, 0.15) is 17.3 Å². The van der Waals surface area contributed by atoms with Gasteiger partial charge in [-0.2, -0.15) is 13.2 Å². The molecule has 2 atom stereocenters. The Morgan fingerprint density at radius 2 is 1.76 bits per heavy atom. The molecule has 224 valence electrons. The van der Waals surface area contributed by atoms with Crippen molar-refractivity contribution < 1.29 is 46.5 Å². The van der Waals surface area contributed by atoms with Gasteiger partial charge in [0.15, 0.2) is 23.4 Å². The van der Waals surface area contributed by atoms with E-state index >= 15 is 0 Å². The lowest BCUT2D eigenvalue weighted by Crippen LogP contribution is -2.43. The van der Waals surface area contributed by atoms with Gasteiger partial charge in [0.05, 0.1) is 19.9 Å². The van der Waals surface area contributed by atoms with Gasteiger partial charge >= 0.3 is 6.18 Å². The maximum atomic E-state index is 14.4. The lowest BCUT2D eigenvalue weighted by molar-refractivity contribution is -0.270. The van der Waals surface area contributed by atoms with Crippen LogP contribution in [0.15, 0.2) is 48.5 Å². The molecule has 3 aromatic rings. The summed E-state index contributed by atoms with van der Waals surface area (Å²) in [5.41, 5.74) is -3.70. The Hall–Kier alpha value is -4.19. The quantitative estimate of drug-likeness (QED) is 0.244. The zero-order chi connectivity index (χ0) is 30.7. The highest BCUT2D eigenvalue weighted by atomic mass is 19.4. The van der Waals surface area contributed by atoms with E-state index in [0.29, 0.717) is 13.0 Å². The number of halogens is 4. The van der Waals surface area contributed by atoms with Crippen LogP contribution in [0.25, 0.3) is 11.3 Å². The topological polar surface area (TPSA) is 107 Å². The second-order valence-corrected chi connectivity index (χ2v) is 9.90. The molecule has 2 heterocycles. The third kappa shape index (κ3) is 6.33. The van der Waals surface area contributed by atoms with E-state index in [1.807, 2.05) is 0 Å². The number of rotatable bonds is 10. The van der Waals surface area contributed by atoms with Crippen LogP contribution >= 0.6 is 0 Å². The molecular weight excluding hydrogens is 560 g/mol. The molecule has 4 rings (SSSR count). The van der Waals surface area contributed by atoms with Crippen LogP contribution in [0, 0.1) is 12.7 Å². The van der Waals surface area contributed by atoms with Gasteiger partial charge in [0.2, 0.25) is 5.60 Å². The van der Waals surface area contributed by atoms with E-state index in [4.69, 9.17) is 14.2 Å². The minimum absolute atomic E-state index is 0.0286. The van der Waals surface area contributed by atoms with E-state index in [1.165, 1.54) is 57.5 Å². The first-order valence-corrected chi connectivity index (χ1v) is 13.1. The Kier molecular flexibility index (Phi) is 9.05. The lowest BCUT2D eigenvalue weighted by Gasteiger charge is -2.30. The number of ketones is 1. The van der Waals surface area contributed by atoms with Gasteiger partial charge in [-0.25, -0.2) is 9.37 Å². The Morgan fingerprint density at radius 3 is 2.40 bits per heavy atom. The maximum Gasteiger partial charge on any atom is 0.422 e. The molecule has 1 aliphatic heterocycles. The number of pyridine rings is 1. The molecule has 1 aliphatic rings. The summed E-state index contributed by atoms with van der Waals surface area (Å²) in [6.07, 6.45) is -6.43. The van der Waals surface area contributed by atoms with Crippen molar-refractivity contribution in [3.8, 4) is 28.5 Å². The number of alkyl halides is 3. The molecular formula is C30H30F4N2O6. The van der Waals surface area contributed by atoms with Crippen molar-refractivity contribution in [1.82, 2.24) is 10.3 Å². The van der Waals surface area contributed by atoms with E-state index in [0.717, 1.165) is 18.6 Å². The second-order valence-electron chi connectivity index (χ2n) is 9.90. The predicted molar refractivity (Wildman–Crippen MR) is 144 cm³/mol. The number of carbonyl (C=O) groups excluding carboxylic acids is 2. The standard InChI is InChI=1S/C30H30F4N2O6/c1-17-15-19(6-8-20(17)31)27-23(40-2)10-11-26(36-27)29(39,30(32,33)34)13-12-21(37)18-7-9-22(25(16-18)41-3)42-24-5-4-14-35-28(24)38/h6-11,15-16,24,39H,4-5,12-14H2,1-3H3,(H,35,38). The fourth-order valence-electron chi connectivity index (χ4n) is 4.64. The number of hydrogen-bond acceptors (Lipinski definition) is 7. The molecule has 2 aromatic carbocycles. The Labute approximate surface area is 239 Å². The maximum absolute atomic E-state index is 14.4. The van der Waals surface area contributed by atoms with Gasteiger partial charge in [-0.3, -0.25) is 9.59 Å². The number of methoxy groups -OCH3 is 2. The van der Waals surface area contributed by atoms with Crippen LogP contribution in [-0.4, -0.2) is 54.8 Å². The van der Waals surface area contributed by atoms with E-state index in [2.05, 4.69) is 10.3 Å². The average molecular weight is 591 g/mol. The molecule has 1 aromatic heterocycles. The minimum atomic E-state index is -5.19. The van der Waals surface area contributed by atoms with Crippen LogP contribution in [-0.2, 0) is 10.4 Å². The molecule has 0 spiro atoms. The average Bonchev–Trinajstić information content (AvgIpc) is 2.97. The molecule has 0 saturated carbocycles. The Morgan fingerprint density at radius 1 is 1.05 bits per heavy atom. The van der Waals surface area contributed by atoms with Crippen molar-refractivity contribution in [2.75, 3.05) is 20.8 Å². The van der Waals surface area contributed by atoms with Crippen molar-refractivity contribution in [3.63, 3.8) is 0 Å². The first kappa shape index (κ1) is 30.8. The lowest BCUT2D eigenvalue weighted by atomic mass is 9.89. The number of amides is 1. The van der Waals surface area contributed by atoms with E-state index in [9.17, 15) is 32.3 Å². The van der Waals surface area contributed by atoms with Gasteiger partial charge in [0, 0.05) is 24.1 Å². The molecule has 1 fully saturated rings. The predicted octanol–water partition coefficient (Wildman–Crippen LogP) is 5.28. The summed E-state index contributed by atoms with van der Waals surface area (Å²) in [5.74, 6) is -1.03. The first-order chi connectivity index (χ1) is 19.9. The van der Waals surface area contributed by atoms with Crippen LogP contribution < -0.4 is 19.5 Å². The number of piperidine rings is 1. The van der Waals surface area contributed by atoms with Crippen molar-refractivity contribution in [1.29, 1.82) is 0 Å². The zero-order valence-corrected chi connectivity index (χ0v) is 23.2. The number of Topliss-reactive ketones (excluding diaryl/α,β-unsaturated/α-hetero) is 1. The summed E-state index contributed by atoms with van der Waals surface area (Å²) in [6.45, 7) is 2.04. The molecule has 0 aliphatic carbocycles. The number of nitrogens with zero attached hydrogens (tertiary/aromatic N) is 1. The molecule has 0 radical (unpaired) electrons. The third-order valence-corrected chi connectivity index (χ3v) is 7.11. The molecule has 8 nitrogen and oxygen atoms in total. The molecule has 2 unspecified atom stereocenters. The first-order valence-electron chi connectivity index (χ1n) is 13.1. The van der Waals surface area contributed by atoms with Crippen molar-refractivity contribution in [3.05, 3.63) is 71.2 Å². The van der Waals surface area contributed by atoms with Gasteiger partial charge in [-0.05, 0) is 80.3 Å². The van der Waals surface area contributed by atoms with E-state index in [1.54, 1.807) is 0 Å². The number of carbonyl (C=O) groups is 2. The van der Waals surface area contributed by atoms with Gasteiger partial charge < -0.3 is 24.6 Å². The second kappa shape index (κ2) is 12.4. The number of aliphatic hydroxyl groups is 1. The third-order valence-electron chi connectivity index (χ3n) is 7.11. The molecule has 0 bridgehead atoms. The molecule has 1 amide bonds. The van der Waals surface area contributed by atoms with Crippen molar-refractivity contribution in [2.24, 2.45) is 0 Å². The van der Waals surface area contributed by atoms with Gasteiger partial charge in [-0.1, -0.05) is 0 Å². The molecule has 42 heavy (non-hydrogen) atoms.